The number of aliphatic carboxylic acids is 1. The second-order valence-electron chi connectivity index (χ2n) is 5.38. The Bertz CT molecular complexity index is 894. The topological polar surface area (TPSA) is 67.5 Å². The van der Waals surface area contributed by atoms with Crippen LogP contribution in [-0.2, 0) is 11.2 Å². The maximum Gasteiger partial charge on any atom is 0.303 e. The number of carboxylic acid groups (broad SMARTS) is 1. The van der Waals surface area contributed by atoms with E-state index < -0.39 is 5.97 Å². The van der Waals surface area contributed by atoms with Crippen molar-refractivity contribution in [2.24, 2.45) is 0 Å². The Labute approximate surface area is 133 Å². The molecule has 116 valence electrons. The molecule has 3 aromatic rings. The summed E-state index contributed by atoms with van der Waals surface area (Å²) < 4.78 is 5.97. The van der Waals surface area contributed by atoms with Crippen molar-refractivity contribution >= 4 is 16.9 Å². The van der Waals surface area contributed by atoms with Gasteiger partial charge in [-0.25, -0.2) is 0 Å². The van der Waals surface area contributed by atoms with Gasteiger partial charge >= 0.3 is 5.97 Å². The van der Waals surface area contributed by atoms with Crippen LogP contribution >= 0.6 is 0 Å². The highest BCUT2D eigenvalue weighted by molar-refractivity contribution is 5.81. The molecule has 3 rings (SSSR count). The number of benzene rings is 2. The highest BCUT2D eigenvalue weighted by atomic mass is 16.4. The molecule has 2 aromatic carbocycles. The van der Waals surface area contributed by atoms with Gasteiger partial charge in [0.2, 0.25) is 0 Å². The van der Waals surface area contributed by atoms with Crippen molar-refractivity contribution in [3.63, 3.8) is 0 Å². The standard InChI is InChI=1S/C19H16O4/c20-16-12-17(13-6-2-1-3-7-13)23-19-14(8-4-10-15(16)19)9-5-11-18(21)22/h1-4,6-8,10,12H,5,9,11H2,(H,21,22). The number of fused-ring (bicyclic) bond motifs is 1. The number of para-hydroxylation sites is 1. The predicted octanol–water partition coefficient (Wildman–Crippen LogP) is 3.87. The highest BCUT2D eigenvalue weighted by Gasteiger charge is 2.10. The molecular weight excluding hydrogens is 292 g/mol. The Morgan fingerprint density at radius 1 is 1.04 bits per heavy atom. The van der Waals surface area contributed by atoms with Crippen LogP contribution in [0.25, 0.3) is 22.3 Å². The smallest absolute Gasteiger partial charge is 0.303 e. The molecule has 0 bridgehead atoms. The fourth-order valence-electron chi connectivity index (χ4n) is 2.61. The molecule has 0 saturated carbocycles. The Morgan fingerprint density at radius 2 is 1.83 bits per heavy atom. The van der Waals surface area contributed by atoms with Gasteiger partial charge in [-0.1, -0.05) is 42.5 Å². The van der Waals surface area contributed by atoms with Crippen molar-refractivity contribution in [1.82, 2.24) is 0 Å². The molecule has 0 amide bonds. The quantitative estimate of drug-likeness (QED) is 0.777. The minimum atomic E-state index is -0.823. The lowest BCUT2D eigenvalue weighted by Crippen LogP contribution is -2.03. The molecule has 0 saturated heterocycles. The zero-order chi connectivity index (χ0) is 16.2. The van der Waals surface area contributed by atoms with Gasteiger partial charge in [0.15, 0.2) is 5.43 Å². The van der Waals surface area contributed by atoms with E-state index in [9.17, 15) is 9.59 Å². The third-order valence-corrected chi connectivity index (χ3v) is 3.73. The Hall–Kier alpha value is -2.88. The molecule has 0 spiro atoms. The summed E-state index contributed by atoms with van der Waals surface area (Å²) in [4.78, 5) is 23.0. The van der Waals surface area contributed by atoms with Crippen molar-refractivity contribution in [2.75, 3.05) is 0 Å². The van der Waals surface area contributed by atoms with Crippen molar-refractivity contribution in [1.29, 1.82) is 0 Å². The predicted molar refractivity (Wildman–Crippen MR) is 88.5 cm³/mol. The van der Waals surface area contributed by atoms with E-state index in [-0.39, 0.29) is 11.8 Å². The van der Waals surface area contributed by atoms with Crippen LogP contribution in [0.15, 0.2) is 63.8 Å². The lowest BCUT2D eigenvalue weighted by Gasteiger charge is -2.07. The first kappa shape index (κ1) is 15.0. The van der Waals surface area contributed by atoms with Crippen molar-refractivity contribution < 1.29 is 14.3 Å². The maximum atomic E-state index is 12.4. The van der Waals surface area contributed by atoms with Crippen LogP contribution in [0.5, 0.6) is 0 Å². The molecule has 23 heavy (non-hydrogen) atoms. The van der Waals surface area contributed by atoms with Crippen LogP contribution < -0.4 is 5.43 Å². The monoisotopic (exact) mass is 308 g/mol. The Balaban J connectivity index is 2.06. The van der Waals surface area contributed by atoms with E-state index in [1.165, 1.54) is 6.07 Å². The molecule has 4 heteroatoms. The first-order valence-electron chi connectivity index (χ1n) is 7.48. The van der Waals surface area contributed by atoms with E-state index in [1.54, 1.807) is 12.1 Å². The first-order valence-corrected chi connectivity index (χ1v) is 7.48. The van der Waals surface area contributed by atoms with E-state index in [0.29, 0.717) is 29.6 Å². The Kier molecular flexibility index (Phi) is 4.24. The maximum absolute atomic E-state index is 12.4. The number of aryl methyl sites for hydroxylation is 1. The molecule has 1 N–H and O–H groups in total. The molecular formula is C19H16O4. The molecule has 0 radical (unpaired) electrons. The van der Waals surface area contributed by atoms with Gasteiger partial charge in [0.1, 0.15) is 11.3 Å². The molecule has 1 aromatic heterocycles. The van der Waals surface area contributed by atoms with E-state index in [2.05, 4.69) is 0 Å². The van der Waals surface area contributed by atoms with Gasteiger partial charge in [-0.05, 0) is 24.5 Å². The van der Waals surface area contributed by atoms with Crippen LogP contribution in [0.3, 0.4) is 0 Å². The van der Waals surface area contributed by atoms with Crippen LogP contribution in [0.1, 0.15) is 18.4 Å². The molecule has 0 unspecified atom stereocenters. The van der Waals surface area contributed by atoms with Gasteiger partial charge < -0.3 is 9.52 Å². The highest BCUT2D eigenvalue weighted by Crippen LogP contribution is 2.25. The third-order valence-electron chi connectivity index (χ3n) is 3.73. The summed E-state index contributed by atoms with van der Waals surface area (Å²) in [6, 6.07) is 16.4. The summed E-state index contributed by atoms with van der Waals surface area (Å²) in [6.07, 6.45) is 1.16. The second-order valence-corrected chi connectivity index (χ2v) is 5.38. The van der Waals surface area contributed by atoms with Crippen LogP contribution in [0.2, 0.25) is 0 Å². The fraction of sp³-hybridized carbons (Fsp3) is 0.158. The summed E-state index contributed by atoms with van der Waals surface area (Å²) in [6.45, 7) is 0. The van der Waals surface area contributed by atoms with Crippen LogP contribution in [0.4, 0.5) is 0 Å². The zero-order valence-corrected chi connectivity index (χ0v) is 12.5. The molecule has 0 aliphatic carbocycles. The molecule has 4 nitrogen and oxygen atoms in total. The van der Waals surface area contributed by atoms with E-state index in [1.807, 2.05) is 36.4 Å². The van der Waals surface area contributed by atoms with Crippen LogP contribution in [0, 0.1) is 0 Å². The van der Waals surface area contributed by atoms with Gasteiger partial charge in [0, 0.05) is 18.1 Å². The van der Waals surface area contributed by atoms with E-state index >= 15 is 0 Å². The molecule has 0 atom stereocenters. The van der Waals surface area contributed by atoms with Crippen LogP contribution in [-0.4, -0.2) is 11.1 Å². The lowest BCUT2D eigenvalue weighted by atomic mass is 10.0. The summed E-state index contributed by atoms with van der Waals surface area (Å²) in [5.74, 6) is -0.301. The SMILES string of the molecule is O=C(O)CCCc1cccc2c(=O)cc(-c3ccccc3)oc12. The second kappa shape index (κ2) is 6.48. The van der Waals surface area contributed by atoms with Gasteiger partial charge in [0.05, 0.1) is 5.39 Å². The number of hydrogen-bond donors (Lipinski definition) is 1. The minimum absolute atomic E-state index is 0.0924. The first-order chi connectivity index (χ1) is 11.1. The van der Waals surface area contributed by atoms with Gasteiger partial charge in [-0.15, -0.1) is 0 Å². The normalized spacial score (nSPS) is 10.8. The van der Waals surface area contributed by atoms with Gasteiger partial charge in [-0.3, -0.25) is 9.59 Å². The molecule has 0 aliphatic heterocycles. The minimum Gasteiger partial charge on any atom is -0.481 e. The molecule has 0 fully saturated rings. The summed E-state index contributed by atoms with van der Waals surface area (Å²) >= 11 is 0. The lowest BCUT2D eigenvalue weighted by molar-refractivity contribution is -0.137. The third kappa shape index (κ3) is 3.31. The Morgan fingerprint density at radius 3 is 2.57 bits per heavy atom. The largest absolute Gasteiger partial charge is 0.481 e. The van der Waals surface area contributed by atoms with E-state index in [4.69, 9.17) is 9.52 Å². The van der Waals surface area contributed by atoms with Crippen molar-refractivity contribution in [3.05, 3.63) is 70.4 Å². The van der Waals surface area contributed by atoms with Gasteiger partial charge in [-0.2, -0.15) is 0 Å². The van der Waals surface area contributed by atoms with Crippen molar-refractivity contribution in [2.45, 2.75) is 19.3 Å². The molecule has 0 aliphatic rings. The summed E-state index contributed by atoms with van der Waals surface area (Å²) in [5.41, 5.74) is 2.15. The van der Waals surface area contributed by atoms with E-state index in [0.717, 1.165) is 11.1 Å². The number of carbonyl (C=O) groups is 1. The summed E-state index contributed by atoms with van der Waals surface area (Å²) in [5, 5.41) is 9.29. The number of carboxylic acids is 1. The summed E-state index contributed by atoms with van der Waals surface area (Å²) in [7, 11) is 0. The number of rotatable bonds is 5. The van der Waals surface area contributed by atoms with Crippen molar-refractivity contribution in [3.8, 4) is 11.3 Å². The average Bonchev–Trinajstić information content (AvgIpc) is 2.56. The zero-order valence-electron chi connectivity index (χ0n) is 12.5. The van der Waals surface area contributed by atoms with Gasteiger partial charge in [0.25, 0.3) is 0 Å². The fourth-order valence-corrected chi connectivity index (χ4v) is 2.61. The number of hydrogen-bond acceptors (Lipinski definition) is 3. The average molecular weight is 308 g/mol. The molecule has 1 heterocycles.